The fourth-order valence-electron chi connectivity index (χ4n) is 4.43. The van der Waals surface area contributed by atoms with E-state index in [2.05, 4.69) is 10.6 Å². The number of halogens is 3. The molecule has 9 nitrogen and oxygen atoms in total. The van der Waals surface area contributed by atoms with Gasteiger partial charge in [0.15, 0.2) is 0 Å². The van der Waals surface area contributed by atoms with Crippen LogP contribution in [-0.4, -0.2) is 84.6 Å². The molecule has 1 atom stereocenters. The lowest BCUT2D eigenvalue weighted by Crippen LogP contribution is -2.55. The molecule has 37 heavy (non-hydrogen) atoms. The van der Waals surface area contributed by atoms with Crippen molar-refractivity contribution in [3.63, 3.8) is 0 Å². The van der Waals surface area contributed by atoms with E-state index in [1.807, 2.05) is 18.7 Å². The van der Waals surface area contributed by atoms with E-state index in [0.29, 0.717) is 37.4 Å². The third-order valence-electron chi connectivity index (χ3n) is 6.27. The predicted molar refractivity (Wildman–Crippen MR) is 130 cm³/mol. The summed E-state index contributed by atoms with van der Waals surface area (Å²) in [7, 11) is 0. The van der Waals surface area contributed by atoms with Crippen LogP contribution in [-0.2, 0) is 15.7 Å². The highest BCUT2D eigenvalue weighted by atomic mass is 19.4. The summed E-state index contributed by atoms with van der Waals surface area (Å²) in [4.78, 5) is 43.7. The first kappa shape index (κ1) is 28.3. The van der Waals surface area contributed by atoms with Crippen molar-refractivity contribution in [3.05, 3.63) is 46.7 Å². The number of hydrogen-bond donors (Lipinski definition) is 2. The molecule has 1 unspecified atom stereocenters. The number of piperazine rings is 1. The number of nitrogens with zero attached hydrogens (tertiary/aromatic N) is 3. The second-order valence-electron chi connectivity index (χ2n) is 9.19. The average Bonchev–Trinajstić information content (AvgIpc) is 2.83. The molecule has 2 heterocycles. The van der Waals surface area contributed by atoms with Crippen molar-refractivity contribution in [3.8, 4) is 0 Å². The van der Waals surface area contributed by atoms with E-state index in [0.717, 1.165) is 12.1 Å². The highest BCUT2D eigenvalue weighted by molar-refractivity contribution is 5.95. The molecule has 4 amide bonds. The number of carbonyl (C=O) groups is 3. The van der Waals surface area contributed by atoms with Crippen molar-refractivity contribution in [2.75, 3.05) is 45.9 Å². The van der Waals surface area contributed by atoms with Gasteiger partial charge < -0.3 is 20.3 Å². The summed E-state index contributed by atoms with van der Waals surface area (Å²) in [5.74, 6) is -0.643. The van der Waals surface area contributed by atoms with Crippen LogP contribution in [0.15, 0.2) is 35.5 Å². The van der Waals surface area contributed by atoms with Crippen LogP contribution in [0.25, 0.3) is 0 Å². The number of hydrogen-bond acceptors (Lipinski definition) is 5. The average molecular weight is 526 g/mol. The van der Waals surface area contributed by atoms with Crippen LogP contribution in [0.4, 0.5) is 22.8 Å². The van der Waals surface area contributed by atoms with E-state index < -0.39 is 29.8 Å². The van der Waals surface area contributed by atoms with Crippen molar-refractivity contribution in [1.29, 1.82) is 0 Å². The maximum absolute atomic E-state index is 13.2. The van der Waals surface area contributed by atoms with Crippen molar-refractivity contribution in [2.24, 2.45) is 0 Å². The molecular formula is C25H34F3N5O4. The van der Waals surface area contributed by atoms with Crippen LogP contribution in [0.3, 0.4) is 0 Å². The first-order valence-electron chi connectivity index (χ1n) is 12.4. The SMILES string of the molecule is CCOC(=O)C1=C(CN2CCN(C(=O)NC(C)C)CC2)N(CC)C(=O)NC1c1ccc(C(F)(F)F)cc1. The topological polar surface area (TPSA) is 94.2 Å². The Hall–Kier alpha value is -3.28. The number of likely N-dealkylation sites (N-methyl/N-ethyl adjacent to an activating group) is 1. The molecule has 0 spiro atoms. The minimum Gasteiger partial charge on any atom is -0.463 e. The first-order valence-corrected chi connectivity index (χ1v) is 12.4. The lowest BCUT2D eigenvalue weighted by molar-refractivity contribution is -0.139. The Kier molecular flexibility index (Phi) is 9.06. The van der Waals surface area contributed by atoms with Gasteiger partial charge in [0.25, 0.3) is 0 Å². The van der Waals surface area contributed by atoms with Gasteiger partial charge in [0.2, 0.25) is 0 Å². The van der Waals surface area contributed by atoms with Gasteiger partial charge >= 0.3 is 24.2 Å². The van der Waals surface area contributed by atoms with Gasteiger partial charge in [-0.15, -0.1) is 0 Å². The summed E-state index contributed by atoms with van der Waals surface area (Å²) >= 11 is 0. The van der Waals surface area contributed by atoms with Gasteiger partial charge in [-0.2, -0.15) is 13.2 Å². The number of ether oxygens (including phenoxy) is 1. The largest absolute Gasteiger partial charge is 0.463 e. The molecule has 1 fully saturated rings. The molecule has 2 N–H and O–H groups in total. The Morgan fingerprint density at radius 2 is 1.73 bits per heavy atom. The van der Waals surface area contributed by atoms with Crippen LogP contribution in [0.1, 0.15) is 44.9 Å². The lowest BCUT2D eigenvalue weighted by Gasteiger charge is -2.40. The van der Waals surface area contributed by atoms with Gasteiger partial charge in [-0.05, 0) is 45.4 Å². The van der Waals surface area contributed by atoms with Gasteiger partial charge in [0, 0.05) is 51.0 Å². The molecule has 204 valence electrons. The number of rotatable bonds is 7. The summed E-state index contributed by atoms with van der Waals surface area (Å²) in [5.41, 5.74) is 0.139. The molecule has 1 saturated heterocycles. The van der Waals surface area contributed by atoms with Crippen molar-refractivity contribution in [1.82, 2.24) is 25.3 Å². The zero-order valence-electron chi connectivity index (χ0n) is 21.5. The lowest BCUT2D eigenvalue weighted by atomic mass is 9.93. The number of carbonyl (C=O) groups excluding carboxylic acids is 3. The van der Waals surface area contributed by atoms with Crippen LogP contribution < -0.4 is 10.6 Å². The molecule has 0 radical (unpaired) electrons. The molecule has 0 aromatic heterocycles. The monoisotopic (exact) mass is 525 g/mol. The molecule has 2 aliphatic heterocycles. The Bertz CT molecular complexity index is 1020. The molecule has 0 saturated carbocycles. The summed E-state index contributed by atoms with van der Waals surface area (Å²) < 4.78 is 44.6. The Morgan fingerprint density at radius 3 is 2.24 bits per heavy atom. The smallest absolute Gasteiger partial charge is 0.416 e. The number of alkyl halides is 3. The third kappa shape index (κ3) is 6.73. The number of amides is 4. The van der Waals surface area contributed by atoms with E-state index >= 15 is 0 Å². The molecule has 0 aliphatic carbocycles. The van der Waals surface area contributed by atoms with Crippen LogP contribution in [0.2, 0.25) is 0 Å². The van der Waals surface area contributed by atoms with Crippen LogP contribution in [0.5, 0.6) is 0 Å². The minimum absolute atomic E-state index is 0.0174. The zero-order valence-corrected chi connectivity index (χ0v) is 21.5. The summed E-state index contributed by atoms with van der Waals surface area (Å²) in [6, 6.07) is 2.83. The van der Waals surface area contributed by atoms with Gasteiger partial charge in [-0.25, -0.2) is 14.4 Å². The standard InChI is InChI=1S/C25H34F3N5O4/c1-5-33-19(15-31-11-13-32(14-12-31)23(35)29-16(3)4)20(22(34)37-6-2)21(30-24(33)36)17-7-9-18(10-8-17)25(26,27)28/h7-10,16,21H,5-6,11-15H2,1-4H3,(H,29,35)(H,30,36). The van der Waals surface area contributed by atoms with Gasteiger partial charge in [0.1, 0.15) is 0 Å². The van der Waals surface area contributed by atoms with Gasteiger partial charge in [-0.1, -0.05) is 12.1 Å². The third-order valence-corrected chi connectivity index (χ3v) is 6.27. The number of esters is 1. The fraction of sp³-hybridized carbons (Fsp3) is 0.560. The molecule has 1 aromatic rings. The maximum atomic E-state index is 13.2. The number of benzene rings is 1. The number of urea groups is 2. The van der Waals surface area contributed by atoms with E-state index in [-0.39, 0.29) is 37.3 Å². The van der Waals surface area contributed by atoms with E-state index in [9.17, 15) is 27.6 Å². The second kappa shape index (κ2) is 11.8. The summed E-state index contributed by atoms with van der Waals surface area (Å²) in [6.07, 6.45) is -4.51. The van der Waals surface area contributed by atoms with Gasteiger partial charge in [-0.3, -0.25) is 9.80 Å². The van der Waals surface area contributed by atoms with E-state index in [1.165, 1.54) is 17.0 Å². The number of nitrogens with one attached hydrogen (secondary N) is 2. The summed E-state index contributed by atoms with van der Waals surface area (Å²) in [5, 5.41) is 5.63. The quantitative estimate of drug-likeness (QED) is 0.533. The molecule has 3 rings (SSSR count). The highest BCUT2D eigenvalue weighted by Gasteiger charge is 2.39. The fourth-order valence-corrected chi connectivity index (χ4v) is 4.43. The van der Waals surface area contributed by atoms with Crippen LogP contribution >= 0.6 is 0 Å². The highest BCUT2D eigenvalue weighted by Crippen LogP contribution is 2.34. The molecule has 2 aliphatic rings. The second-order valence-corrected chi connectivity index (χ2v) is 9.19. The van der Waals surface area contributed by atoms with E-state index in [1.54, 1.807) is 18.7 Å². The molecule has 1 aromatic carbocycles. The summed E-state index contributed by atoms with van der Waals surface area (Å²) in [6.45, 7) is 9.82. The predicted octanol–water partition coefficient (Wildman–Crippen LogP) is 3.34. The van der Waals surface area contributed by atoms with E-state index in [4.69, 9.17) is 4.74 Å². The molecule has 12 heteroatoms. The van der Waals surface area contributed by atoms with Crippen molar-refractivity contribution in [2.45, 2.75) is 46.0 Å². The molecular weight excluding hydrogens is 491 g/mol. The normalized spacial score (nSPS) is 19.2. The maximum Gasteiger partial charge on any atom is 0.416 e. The minimum atomic E-state index is -4.51. The Balaban J connectivity index is 1.93. The Labute approximate surface area is 214 Å². The van der Waals surface area contributed by atoms with Crippen LogP contribution in [0, 0.1) is 0 Å². The first-order chi connectivity index (χ1) is 17.5. The van der Waals surface area contributed by atoms with Crippen molar-refractivity contribution >= 4 is 18.0 Å². The zero-order chi connectivity index (χ0) is 27.3. The Morgan fingerprint density at radius 1 is 1.11 bits per heavy atom. The molecule has 0 bridgehead atoms. The van der Waals surface area contributed by atoms with Crippen molar-refractivity contribution < 1.29 is 32.3 Å². The van der Waals surface area contributed by atoms with Gasteiger partial charge in [0.05, 0.1) is 23.8 Å².